The van der Waals surface area contributed by atoms with E-state index in [1.165, 1.54) is 19.2 Å². The van der Waals surface area contributed by atoms with E-state index in [0.717, 1.165) is 0 Å². The van der Waals surface area contributed by atoms with Crippen molar-refractivity contribution < 1.29 is 19.0 Å². The maximum Gasteiger partial charge on any atom is 0.337 e. The molecule has 0 heterocycles. The quantitative estimate of drug-likeness (QED) is 0.723. The van der Waals surface area contributed by atoms with Gasteiger partial charge in [-0.05, 0) is 41.3 Å². The molecule has 0 fully saturated rings. The molecule has 0 saturated heterocycles. The van der Waals surface area contributed by atoms with Crippen molar-refractivity contribution in [3.63, 3.8) is 0 Å². The van der Waals surface area contributed by atoms with Crippen LogP contribution >= 0.6 is 0 Å². The van der Waals surface area contributed by atoms with Crippen LogP contribution in [0.1, 0.15) is 10.4 Å². The topological polar surface area (TPSA) is 46.5 Å². The molecule has 0 atom stereocenters. The highest BCUT2D eigenvalue weighted by molar-refractivity contribution is 5.91. The number of hydrogen-bond acceptors (Lipinski definition) is 3. The minimum absolute atomic E-state index is 0.0991. The van der Waals surface area contributed by atoms with Crippen molar-refractivity contribution in [3.05, 3.63) is 66.0 Å². The van der Waals surface area contributed by atoms with Gasteiger partial charge in [0.05, 0.1) is 12.7 Å². The maximum atomic E-state index is 14.6. The lowest BCUT2D eigenvalue weighted by Gasteiger charge is -2.08. The smallest absolute Gasteiger partial charge is 0.337 e. The van der Waals surface area contributed by atoms with E-state index in [2.05, 4.69) is 4.74 Å². The van der Waals surface area contributed by atoms with Crippen molar-refractivity contribution >= 4 is 16.7 Å². The molecular weight excluding hydrogens is 283 g/mol. The van der Waals surface area contributed by atoms with Gasteiger partial charge in [-0.15, -0.1) is 0 Å². The van der Waals surface area contributed by atoms with Crippen LogP contribution in [0.2, 0.25) is 0 Å². The molecule has 3 aromatic carbocycles. The van der Waals surface area contributed by atoms with E-state index in [1.807, 2.05) is 0 Å². The Morgan fingerprint density at radius 1 is 1.05 bits per heavy atom. The molecule has 0 aliphatic carbocycles. The van der Waals surface area contributed by atoms with Crippen LogP contribution in [-0.2, 0) is 4.74 Å². The van der Waals surface area contributed by atoms with Gasteiger partial charge in [0.2, 0.25) is 0 Å². The average Bonchev–Trinajstić information content (AvgIpc) is 2.54. The van der Waals surface area contributed by atoms with Crippen LogP contribution < -0.4 is 0 Å². The second kappa shape index (κ2) is 5.48. The molecule has 3 aromatic rings. The molecule has 4 heteroatoms. The predicted molar refractivity (Wildman–Crippen MR) is 82.3 cm³/mol. The largest absolute Gasteiger partial charge is 0.508 e. The summed E-state index contributed by atoms with van der Waals surface area (Å²) in [6.45, 7) is 0. The van der Waals surface area contributed by atoms with Gasteiger partial charge in [0, 0.05) is 10.9 Å². The summed E-state index contributed by atoms with van der Waals surface area (Å²) < 4.78 is 19.3. The number of aromatic hydroxyl groups is 1. The van der Waals surface area contributed by atoms with Crippen molar-refractivity contribution in [2.75, 3.05) is 7.11 Å². The van der Waals surface area contributed by atoms with Crippen LogP contribution in [-0.4, -0.2) is 18.2 Å². The molecule has 0 aliphatic rings. The molecule has 0 aromatic heterocycles. The number of carbonyl (C=O) groups excluding carboxylic acids is 1. The number of rotatable bonds is 2. The van der Waals surface area contributed by atoms with Gasteiger partial charge in [0.15, 0.2) is 0 Å². The number of benzene rings is 3. The Balaban J connectivity index is 2.08. The van der Waals surface area contributed by atoms with Gasteiger partial charge in [-0.25, -0.2) is 9.18 Å². The van der Waals surface area contributed by atoms with E-state index in [4.69, 9.17) is 0 Å². The number of hydrogen-bond donors (Lipinski definition) is 1. The van der Waals surface area contributed by atoms with Gasteiger partial charge in [-0.3, -0.25) is 0 Å². The number of phenols is 1. The summed E-state index contributed by atoms with van der Waals surface area (Å²) in [5.41, 5.74) is 1.52. The lowest BCUT2D eigenvalue weighted by Crippen LogP contribution is -2.00. The van der Waals surface area contributed by atoms with Gasteiger partial charge in [0.25, 0.3) is 0 Å². The number of esters is 1. The molecule has 0 spiro atoms. The summed E-state index contributed by atoms with van der Waals surface area (Å²) in [7, 11) is 1.31. The molecule has 0 radical (unpaired) electrons. The molecular formula is C18H13FO3. The molecule has 0 amide bonds. The molecule has 1 N–H and O–H groups in total. The van der Waals surface area contributed by atoms with Crippen LogP contribution in [0.4, 0.5) is 4.39 Å². The number of carbonyl (C=O) groups is 1. The van der Waals surface area contributed by atoms with E-state index in [1.54, 1.807) is 42.5 Å². The predicted octanol–water partition coefficient (Wildman–Crippen LogP) is 4.14. The standard InChI is InChI=1S/C18H13FO3/c1-22-18(21)12-4-2-11(3-5-12)15-8-6-13-10-14(20)7-9-16(13)17(15)19/h2-10,20H,1H3. The Kier molecular flexibility index (Phi) is 3.51. The van der Waals surface area contributed by atoms with Crippen molar-refractivity contribution in [2.45, 2.75) is 0 Å². The highest BCUT2D eigenvalue weighted by Crippen LogP contribution is 2.30. The van der Waals surface area contributed by atoms with Gasteiger partial charge >= 0.3 is 5.97 Å². The monoisotopic (exact) mass is 296 g/mol. The zero-order chi connectivity index (χ0) is 15.7. The first kappa shape index (κ1) is 14.1. The van der Waals surface area contributed by atoms with Crippen LogP contribution in [0.15, 0.2) is 54.6 Å². The lowest BCUT2D eigenvalue weighted by atomic mass is 9.99. The number of phenolic OH excluding ortho intramolecular Hbond substituents is 1. The Hall–Kier alpha value is -2.88. The summed E-state index contributed by atoms with van der Waals surface area (Å²) in [4.78, 5) is 11.4. The second-order valence-corrected chi connectivity index (χ2v) is 4.90. The third-order valence-corrected chi connectivity index (χ3v) is 3.55. The minimum atomic E-state index is -0.430. The first-order valence-electron chi connectivity index (χ1n) is 6.70. The summed E-state index contributed by atoms with van der Waals surface area (Å²) in [5.74, 6) is -0.689. The van der Waals surface area contributed by atoms with Crippen LogP contribution in [0.5, 0.6) is 5.75 Å². The molecule has 0 unspecified atom stereocenters. The van der Waals surface area contributed by atoms with E-state index in [-0.39, 0.29) is 11.6 Å². The van der Waals surface area contributed by atoms with Crippen LogP contribution in [0.3, 0.4) is 0 Å². The summed E-state index contributed by atoms with van der Waals surface area (Å²) in [6, 6.07) is 14.5. The highest BCUT2D eigenvalue weighted by Gasteiger charge is 2.11. The van der Waals surface area contributed by atoms with Gasteiger partial charge in [0.1, 0.15) is 11.6 Å². The van der Waals surface area contributed by atoms with Crippen molar-refractivity contribution in [2.24, 2.45) is 0 Å². The van der Waals surface area contributed by atoms with E-state index < -0.39 is 5.97 Å². The third-order valence-electron chi connectivity index (χ3n) is 3.55. The fourth-order valence-electron chi connectivity index (χ4n) is 2.41. The molecule has 22 heavy (non-hydrogen) atoms. The summed E-state index contributed by atoms with van der Waals surface area (Å²) >= 11 is 0. The fourth-order valence-corrected chi connectivity index (χ4v) is 2.41. The van der Waals surface area contributed by atoms with Crippen molar-refractivity contribution in [1.29, 1.82) is 0 Å². The zero-order valence-electron chi connectivity index (χ0n) is 11.8. The minimum Gasteiger partial charge on any atom is -0.508 e. The SMILES string of the molecule is COC(=O)c1ccc(-c2ccc3cc(O)ccc3c2F)cc1. The molecule has 3 rings (SSSR count). The zero-order valence-corrected chi connectivity index (χ0v) is 11.8. The molecule has 0 saturated carbocycles. The van der Waals surface area contributed by atoms with Crippen LogP contribution in [0, 0.1) is 5.82 Å². The van der Waals surface area contributed by atoms with Gasteiger partial charge in [-0.1, -0.05) is 24.3 Å². The number of ether oxygens (including phenoxy) is 1. The Labute approximate surface area is 126 Å². The average molecular weight is 296 g/mol. The second-order valence-electron chi connectivity index (χ2n) is 4.90. The van der Waals surface area contributed by atoms with Crippen LogP contribution in [0.25, 0.3) is 21.9 Å². The van der Waals surface area contributed by atoms with Gasteiger partial charge < -0.3 is 9.84 Å². The number of halogens is 1. The molecule has 110 valence electrons. The molecule has 0 aliphatic heterocycles. The lowest BCUT2D eigenvalue weighted by molar-refractivity contribution is 0.0601. The fraction of sp³-hybridized carbons (Fsp3) is 0.0556. The summed E-state index contributed by atoms with van der Waals surface area (Å²) in [6.07, 6.45) is 0. The number of methoxy groups -OCH3 is 1. The van der Waals surface area contributed by atoms with E-state index in [9.17, 15) is 14.3 Å². The third kappa shape index (κ3) is 2.39. The van der Waals surface area contributed by atoms with Crippen molar-refractivity contribution in [1.82, 2.24) is 0 Å². The Morgan fingerprint density at radius 3 is 2.45 bits per heavy atom. The summed E-state index contributed by atoms with van der Waals surface area (Å²) in [5, 5.41) is 10.5. The van der Waals surface area contributed by atoms with E-state index in [0.29, 0.717) is 27.5 Å². The highest BCUT2D eigenvalue weighted by atomic mass is 19.1. The normalized spacial score (nSPS) is 10.6. The number of fused-ring (bicyclic) bond motifs is 1. The molecule has 3 nitrogen and oxygen atoms in total. The van der Waals surface area contributed by atoms with E-state index >= 15 is 0 Å². The first-order valence-corrected chi connectivity index (χ1v) is 6.70. The van der Waals surface area contributed by atoms with Crippen molar-refractivity contribution in [3.8, 4) is 16.9 Å². The molecule has 0 bridgehead atoms. The Bertz CT molecular complexity index is 854. The Morgan fingerprint density at radius 2 is 1.77 bits per heavy atom. The maximum absolute atomic E-state index is 14.6. The first-order chi connectivity index (χ1) is 10.6. The van der Waals surface area contributed by atoms with Gasteiger partial charge in [-0.2, -0.15) is 0 Å².